The minimum atomic E-state index is -0.536. The van der Waals surface area contributed by atoms with Crippen molar-refractivity contribution in [2.75, 3.05) is 11.9 Å². The summed E-state index contributed by atoms with van der Waals surface area (Å²) in [4.78, 5) is 24.0. The van der Waals surface area contributed by atoms with Gasteiger partial charge in [0, 0.05) is 5.69 Å². The lowest BCUT2D eigenvalue weighted by atomic mass is 10.1. The Balaban J connectivity index is 1.92. The van der Waals surface area contributed by atoms with Gasteiger partial charge in [-0.05, 0) is 58.6 Å². The second-order valence-electron chi connectivity index (χ2n) is 5.81. The summed E-state index contributed by atoms with van der Waals surface area (Å²) in [6.07, 6.45) is 1.83. The molecule has 0 atom stereocenters. The van der Waals surface area contributed by atoms with Crippen LogP contribution in [0.2, 0.25) is 0 Å². The van der Waals surface area contributed by atoms with E-state index >= 15 is 0 Å². The highest BCUT2D eigenvalue weighted by molar-refractivity contribution is 9.10. The quantitative estimate of drug-likeness (QED) is 0.327. The summed E-state index contributed by atoms with van der Waals surface area (Å²) in [6, 6.07) is 10.7. The number of phenols is 1. The number of para-hydroxylation sites is 1. The third kappa shape index (κ3) is 6.09. The number of benzene rings is 2. The Morgan fingerprint density at radius 1 is 1.21 bits per heavy atom. The van der Waals surface area contributed by atoms with E-state index in [1.54, 1.807) is 25.1 Å². The lowest BCUT2D eigenvalue weighted by Crippen LogP contribution is -2.25. The van der Waals surface area contributed by atoms with E-state index in [4.69, 9.17) is 4.74 Å². The topological polar surface area (TPSA) is 100 Å². The lowest BCUT2D eigenvalue weighted by molar-refractivity contribution is -0.126. The first kappa shape index (κ1) is 21.4. The van der Waals surface area contributed by atoms with Crippen LogP contribution in [-0.2, 0) is 16.0 Å². The first-order valence-corrected chi connectivity index (χ1v) is 9.58. The number of aromatic hydroxyl groups is 1. The van der Waals surface area contributed by atoms with Gasteiger partial charge in [0.2, 0.25) is 11.8 Å². The van der Waals surface area contributed by atoms with Crippen LogP contribution in [0.25, 0.3) is 0 Å². The van der Waals surface area contributed by atoms with Gasteiger partial charge in [-0.25, -0.2) is 5.43 Å². The van der Waals surface area contributed by atoms with Crippen LogP contribution in [0.1, 0.15) is 31.4 Å². The van der Waals surface area contributed by atoms with Gasteiger partial charge in [-0.1, -0.05) is 25.1 Å². The van der Waals surface area contributed by atoms with Crippen LogP contribution in [0.5, 0.6) is 11.5 Å². The summed E-state index contributed by atoms with van der Waals surface area (Å²) >= 11 is 3.23. The van der Waals surface area contributed by atoms with Crippen molar-refractivity contribution in [2.45, 2.75) is 26.7 Å². The summed E-state index contributed by atoms with van der Waals surface area (Å²) in [5.74, 6) is -0.657. The number of hydrogen-bond acceptors (Lipinski definition) is 5. The van der Waals surface area contributed by atoms with E-state index in [0.29, 0.717) is 28.1 Å². The maximum absolute atomic E-state index is 12.0. The third-order valence-corrected chi connectivity index (χ3v) is 4.35. The number of nitrogens with one attached hydrogen (secondary N) is 2. The second kappa shape index (κ2) is 10.5. The molecular formula is C20H22BrN3O4. The predicted molar refractivity (Wildman–Crippen MR) is 112 cm³/mol. The van der Waals surface area contributed by atoms with Crippen molar-refractivity contribution in [3.63, 3.8) is 0 Å². The van der Waals surface area contributed by atoms with Gasteiger partial charge in [-0.2, -0.15) is 5.10 Å². The van der Waals surface area contributed by atoms with E-state index in [9.17, 15) is 14.7 Å². The summed E-state index contributed by atoms with van der Waals surface area (Å²) in [7, 11) is 0. The number of carbonyl (C=O) groups excluding carboxylic acids is 2. The molecule has 0 unspecified atom stereocenters. The molecule has 3 N–H and O–H groups in total. The molecular weight excluding hydrogens is 426 g/mol. The Morgan fingerprint density at radius 2 is 1.96 bits per heavy atom. The highest BCUT2D eigenvalue weighted by atomic mass is 79.9. The molecule has 2 amide bonds. The lowest BCUT2D eigenvalue weighted by Gasteiger charge is -2.09. The normalized spacial score (nSPS) is 10.7. The molecule has 0 saturated carbocycles. The maximum atomic E-state index is 12.0. The number of phenolic OH excluding ortho intramolecular Hbond substituents is 1. The molecule has 0 aliphatic heterocycles. The number of anilines is 1. The predicted octanol–water partition coefficient (Wildman–Crippen LogP) is 3.59. The van der Waals surface area contributed by atoms with Crippen molar-refractivity contribution in [3.05, 3.63) is 52.0 Å². The fourth-order valence-corrected chi connectivity index (χ4v) is 2.90. The van der Waals surface area contributed by atoms with Gasteiger partial charge in [0.05, 0.1) is 17.3 Å². The zero-order valence-corrected chi connectivity index (χ0v) is 17.2. The van der Waals surface area contributed by atoms with Crippen molar-refractivity contribution in [2.24, 2.45) is 5.10 Å². The molecule has 0 spiro atoms. The smallest absolute Gasteiger partial charge is 0.249 e. The SMILES string of the molecule is CCOc1cc(C=NNC(=O)CC(=O)Nc2ccccc2CC)cc(Br)c1O. The van der Waals surface area contributed by atoms with E-state index in [1.807, 2.05) is 25.1 Å². The number of aryl methyl sites for hydroxylation is 1. The molecule has 148 valence electrons. The molecule has 7 nitrogen and oxygen atoms in total. The molecule has 2 aromatic carbocycles. The summed E-state index contributed by atoms with van der Waals surface area (Å²) < 4.78 is 5.78. The molecule has 0 aliphatic carbocycles. The minimum Gasteiger partial charge on any atom is -0.503 e. The Kier molecular flexibility index (Phi) is 8.01. The molecule has 2 aromatic rings. The number of amides is 2. The molecule has 2 rings (SSSR count). The monoisotopic (exact) mass is 447 g/mol. The first-order valence-electron chi connectivity index (χ1n) is 8.79. The van der Waals surface area contributed by atoms with Crippen LogP contribution in [0, 0.1) is 0 Å². The molecule has 0 radical (unpaired) electrons. The van der Waals surface area contributed by atoms with Crippen LogP contribution in [0.3, 0.4) is 0 Å². The minimum absolute atomic E-state index is 0.00735. The largest absolute Gasteiger partial charge is 0.503 e. The van der Waals surface area contributed by atoms with Crippen LogP contribution in [0.4, 0.5) is 5.69 Å². The Labute approximate surface area is 171 Å². The Hall–Kier alpha value is -2.87. The van der Waals surface area contributed by atoms with Gasteiger partial charge in [-0.15, -0.1) is 0 Å². The zero-order valence-electron chi connectivity index (χ0n) is 15.7. The van der Waals surface area contributed by atoms with Crippen molar-refractivity contribution in [3.8, 4) is 11.5 Å². The number of ether oxygens (including phenoxy) is 1. The average Bonchev–Trinajstić information content (AvgIpc) is 2.66. The first-order chi connectivity index (χ1) is 13.4. The van der Waals surface area contributed by atoms with Gasteiger partial charge in [0.15, 0.2) is 11.5 Å². The van der Waals surface area contributed by atoms with Gasteiger partial charge < -0.3 is 15.2 Å². The van der Waals surface area contributed by atoms with Gasteiger partial charge in [0.1, 0.15) is 6.42 Å². The number of nitrogens with zero attached hydrogens (tertiary/aromatic N) is 1. The maximum Gasteiger partial charge on any atom is 0.249 e. The molecule has 0 heterocycles. The number of carbonyl (C=O) groups is 2. The number of halogens is 1. The number of rotatable bonds is 8. The average molecular weight is 448 g/mol. The molecule has 0 aromatic heterocycles. The standard InChI is InChI=1S/C20H22BrN3O4/c1-3-14-7-5-6-8-16(14)23-18(25)11-19(26)24-22-12-13-9-15(21)20(27)17(10-13)28-4-2/h5-10,12,27H,3-4,11H2,1-2H3,(H,23,25)(H,24,26). The summed E-state index contributed by atoms with van der Waals surface area (Å²) in [6.45, 7) is 4.19. The van der Waals surface area contributed by atoms with Gasteiger partial charge in [-0.3, -0.25) is 9.59 Å². The fourth-order valence-electron chi connectivity index (χ4n) is 2.44. The Morgan fingerprint density at radius 3 is 2.68 bits per heavy atom. The highest BCUT2D eigenvalue weighted by Crippen LogP contribution is 2.35. The summed E-state index contributed by atoms with van der Waals surface area (Å²) in [5, 5.41) is 16.5. The van der Waals surface area contributed by atoms with Crippen molar-refractivity contribution in [1.82, 2.24) is 5.43 Å². The molecule has 0 fully saturated rings. The second-order valence-corrected chi connectivity index (χ2v) is 6.67. The number of hydrazone groups is 1. The van der Waals surface area contributed by atoms with Crippen LogP contribution in [-0.4, -0.2) is 29.7 Å². The molecule has 8 heteroatoms. The fraction of sp³-hybridized carbons (Fsp3) is 0.250. The van der Waals surface area contributed by atoms with E-state index < -0.39 is 11.8 Å². The molecule has 0 aliphatic rings. The molecule has 0 saturated heterocycles. The molecule has 0 bridgehead atoms. The van der Waals surface area contributed by atoms with E-state index in [2.05, 4.69) is 31.8 Å². The van der Waals surface area contributed by atoms with E-state index in [1.165, 1.54) is 6.21 Å². The van der Waals surface area contributed by atoms with Crippen LogP contribution in [0.15, 0.2) is 46.0 Å². The van der Waals surface area contributed by atoms with Crippen LogP contribution < -0.4 is 15.5 Å². The van der Waals surface area contributed by atoms with Crippen molar-refractivity contribution >= 4 is 39.6 Å². The van der Waals surface area contributed by atoms with E-state index in [0.717, 1.165) is 12.0 Å². The van der Waals surface area contributed by atoms with Gasteiger partial charge >= 0.3 is 0 Å². The van der Waals surface area contributed by atoms with Crippen LogP contribution >= 0.6 is 15.9 Å². The zero-order chi connectivity index (χ0) is 20.5. The van der Waals surface area contributed by atoms with Crippen molar-refractivity contribution in [1.29, 1.82) is 0 Å². The van der Waals surface area contributed by atoms with Gasteiger partial charge in [0.25, 0.3) is 0 Å². The highest BCUT2D eigenvalue weighted by Gasteiger charge is 2.11. The van der Waals surface area contributed by atoms with E-state index in [-0.39, 0.29) is 12.2 Å². The summed E-state index contributed by atoms with van der Waals surface area (Å²) in [5.41, 5.74) is 4.61. The molecule has 28 heavy (non-hydrogen) atoms. The van der Waals surface area contributed by atoms with Crippen molar-refractivity contribution < 1.29 is 19.4 Å². The Bertz CT molecular complexity index is 884. The number of hydrogen-bond donors (Lipinski definition) is 3. The third-order valence-electron chi connectivity index (χ3n) is 3.75.